The number of hydrogen-bond donors (Lipinski definition) is 0. The van der Waals surface area contributed by atoms with E-state index >= 15 is 0 Å². The Morgan fingerprint density at radius 3 is 2.48 bits per heavy atom. The molecule has 7 nitrogen and oxygen atoms in total. The monoisotopic (exact) mass is 480 g/mol. The zero-order valence-corrected chi connectivity index (χ0v) is 18.6. The number of halogens is 2. The molecular formula is C21H18Cl2N2O5S. The Morgan fingerprint density at radius 2 is 1.77 bits per heavy atom. The fourth-order valence-corrected chi connectivity index (χ4v) is 5.18. The Kier molecular flexibility index (Phi) is 6.05. The molecule has 0 saturated carbocycles. The maximum Gasteiger partial charge on any atom is 0.309 e. The third-order valence-corrected chi connectivity index (χ3v) is 7.39. The number of hydrogen-bond acceptors (Lipinski definition) is 6. The van der Waals surface area contributed by atoms with E-state index in [1.54, 1.807) is 18.2 Å². The summed E-state index contributed by atoms with van der Waals surface area (Å²) in [5.74, 6) is -0.773. The zero-order chi connectivity index (χ0) is 22.2. The molecule has 0 radical (unpaired) electrons. The second-order valence-corrected chi connectivity index (χ2v) is 9.69. The molecule has 2 aromatic carbocycles. The van der Waals surface area contributed by atoms with Crippen LogP contribution in [-0.2, 0) is 19.6 Å². The number of carbonyl (C=O) groups is 2. The largest absolute Gasteiger partial charge is 0.457 e. The lowest BCUT2D eigenvalue weighted by molar-refractivity contribution is -0.148. The lowest BCUT2D eigenvalue weighted by atomic mass is 9.96. The number of amidine groups is 1. The number of nitrogens with zero attached hydrogens (tertiary/aromatic N) is 2. The van der Waals surface area contributed by atoms with Gasteiger partial charge in [-0.05, 0) is 43.2 Å². The van der Waals surface area contributed by atoms with Gasteiger partial charge in [-0.1, -0.05) is 35.3 Å². The Balaban J connectivity index is 1.33. The van der Waals surface area contributed by atoms with E-state index in [0.29, 0.717) is 47.9 Å². The van der Waals surface area contributed by atoms with E-state index in [0.717, 1.165) is 0 Å². The zero-order valence-electron chi connectivity index (χ0n) is 16.3. The highest BCUT2D eigenvalue weighted by atomic mass is 35.5. The molecule has 2 aromatic rings. The molecule has 2 aliphatic rings. The minimum Gasteiger partial charge on any atom is -0.457 e. The van der Waals surface area contributed by atoms with E-state index in [4.69, 9.17) is 27.9 Å². The van der Waals surface area contributed by atoms with Gasteiger partial charge in [-0.25, -0.2) is 0 Å². The molecule has 1 saturated heterocycles. The van der Waals surface area contributed by atoms with Crippen LogP contribution in [0.3, 0.4) is 0 Å². The molecule has 31 heavy (non-hydrogen) atoms. The molecule has 2 heterocycles. The standard InChI is InChI=1S/C21H18Cl2N2O5S/c22-16-6-5-14(11-17(16)23)18(26)12-30-21(27)13-7-9-25(10-8-13)20-15-3-1-2-4-19(15)31(28,29)24-20/h1-6,11,13H,7-10,12H2. The van der Waals surface area contributed by atoms with Crippen LogP contribution in [0.1, 0.15) is 28.8 Å². The van der Waals surface area contributed by atoms with Crippen LogP contribution in [-0.4, -0.2) is 50.6 Å². The van der Waals surface area contributed by atoms with Crippen LogP contribution < -0.4 is 0 Å². The van der Waals surface area contributed by atoms with Gasteiger partial charge >= 0.3 is 5.97 Å². The van der Waals surface area contributed by atoms with Gasteiger partial charge in [0.2, 0.25) is 0 Å². The fraction of sp³-hybridized carbons (Fsp3) is 0.286. The average Bonchev–Trinajstić information content (AvgIpc) is 3.05. The molecule has 0 unspecified atom stereocenters. The molecule has 4 rings (SSSR count). The van der Waals surface area contributed by atoms with Crippen molar-refractivity contribution in [3.05, 3.63) is 63.6 Å². The van der Waals surface area contributed by atoms with Gasteiger partial charge in [0.05, 0.1) is 16.0 Å². The third kappa shape index (κ3) is 4.46. The summed E-state index contributed by atoms with van der Waals surface area (Å²) in [5.41, 5.74) is 0.895. The molecule has 0 spiro atoms. The molecule has 0 aliphatic carbocycles. The number of fused-ring (bicyclic) bond motifs is 1. The SMILES string of the molecule is O=C(COC(=O)C1CCN(C2=NS(=O)(=O)c3ccccc32)CC1)c1ccc(Cl)c(Cl)c1. The highest BCUT2D eigenvalue weighted by molar-refractivity contribution is 7.90. The van der Waals surface area contributed by atoms with Gasteiger partial charge in [0.15, 0.2) is 18.2 Å². The number of rotatable bonds is 4. The predicted octanol–water partition coefficient (Wildman–Crippen LogP) is 3.58. The number of carbonyl (C=O) groups excluding carboxylic acids is 2. The van der Waals surface area contributed by atoms with Crippen LogP contribution in [0.4, 0.5) is 0 Å². The van der Waals surface area contributed by atoms with Crippen molar-refractivity contribution in [2.75, 3.05) is 19.7 Å². The van der Waals surface area contributed by atoms with Gasteiger partial charge in [-0.15, -0.1) is 4.40 Å². The van der Waals surface area contributed by atoms with Crippen LogP contribution in [0.15, 0.2) is 51.8 Å². The number of sulfonamides is 1. The van der Waals surface area contributed by atoms with E-state index in [1.165, 1.54) is 24.3 Å². The predicted molar refractivity (Wildman–Crippen MR) is 116 cm³/mol. The molecule has 10 heteroatoms. The molecule has 0 bridgehead atoms. The number of esters is 1. The summed E-state index contributed by atoms with van der Waals surface area (Å²) < 4.78 is 33.6. The topological polar surface area (TPSA) is 93.1 Å². The Hall–Kier alpha value is -2.42. The van der Waals surface area contributed by atoms with Crippen molar-refractivity contribution in [2.45, 2.75) is 17.7 Å². The molecule has 0 N–H and O–H groups in total. The van der Waals surface area contributed by atoms with Crippen LogP contribution >= 0.6 is 23.2 Å². The normalized spacial score (nSPS) is 17.7. The number of ether oxygens (including phenoxy) is 1. The van der Waals surface area contributed by atoms with Crippen LogP contribution in [0, 0.1) is 5.92 Å². The maximum atomic E-state index is 12.4. The third-order valence-electron chi connectivity index (χ3n) is 5.33. The first-order chi connectivity index (χ1) is 14.8. The summed E-state index contributed by atoms with van der Waals surface area (Å²) in [6, 6.07) is 11.2. The second kappa shape index (κ2) is 8.61. The van der Waals surface area contributed by atoms with Crippen molar-refractivity contribution >= 4 is 50.8 Å². The van der Waals surface area contributed by atoms with Crippen molar-refractivity contribution in [1.29, 1.82) is 0 Å². The Labute approximate surface area is 189 Å². The summed E-state index contributed by atoms with van der Waals surface area (Å²) in [6.45, 7) is 0.543. The number of likely N-dealkylation sites (tertiary alicyclic amines) is 1. The molecule has 0 aromatic heterocycles. The maximum absolute atomic E-state index is 12.4. The van der Waals surface area contributed by atoms with Gasteiger partial charge in [0, 0.05) is 24.2 Å². The molecule has 162 valence electrons. The van der Waals surface area contributed by atoms with E-state index in [1.807, 2.05) is 4.90 Å². The first-order valence-electron chi connectivity index (χ1n) is 9.60. The summed E-state index contributed by atoms with van der Waals surface area (Å²) in [6.07, 6.45) is 0.946. The molecule has 1 fully saturated rings. The molecular weight excluding hydrogens is 463 g/mol. The highest BCUT2D eigenvalue weighted by Crippen LogP contribution is 2.30. The summed E-state index contributed by atoms with van der Waals surface area (Å²) in [4.78, 5) is 26.7. The summed E-state index contributed by atoms with van der Waals surface area (Å²) in [5, 5.41) is 0.592. The number of piperidine rings is 1. The van der Waals surface area contributed by atoms with Gasteiger partial charge in [-0.2, -0.15) is 8.42 Å². The first kappa shape index (κ1) is 21.8. The van der Waals surface area contributed by atoms with Crippen molar-refractivity contribution in [2.24, 2.45) is 10.3 Å². The van der Waals surface area contributed by atoms with Crippen molar-refractivity contribution in [1.82, 2.24) is 4.90 Å². The highest BCUT2D eigenvalue weighted by Gasteiger charge is 2.34. The van der Waals surface area contributed by atoms with E-state index in [-0.39, 0.29) is 28.2 Å². The lowest BCUT2D eigenvalue weighted by Gasteiger charge is -2.32. The number of benzene rings is 2. The van der Waals surface area contributed by atoms with Gasteiger partial charge < -0.3 is 9.64 Å². The van der Waals surface area contributed by atoms with Crippen molar-refractivity contribution < 1.29 is 22.7 Å². The Morgan fingerprint density at radius 1 is 1.06 bits per heavy atom. The molecule has 0 atom stereocenters. The fourth-order valence-electron chi connectivity index (χ4n) is 3.65. The van der Waals surface area contributed by atoms with Gasteiger partial charge in [0.25, 0.3) is 10.0 Å². The first-order valence-corrected chi connectivity index (χ1v) is 11.8. The molecule has 2 aliphatic heterocycles. The van der Waals surface area contributed by atoms with Crippen molar-refractivity contribution in [3.63, 3.8) is 0 Å². The minimum atomic E-state index is -3.68. The van der Waals surface area contributed by atoms with Gasteiger partial charge in [-0.3, -0.25) is 9.59 Å². The Bertz CT molecular complexity index is 1190. The minimum absolute atomic E-state index is 0.201. The number of ketones is 1. The smallest absolute Gasteiger partial charge is 0.309 e. The number of Topliss-reactive ketones (excluding diaryl/α,β-unsaturated/α-hetero) is 1. The van der Waals surface area contributed by atoms with Gasteiger partial charge in [0.1, 0.15) is 4.90 Å². The van der Waals surface area contributed by atoms with Crippen LogP contribution in [0.5, 0.6) is 0 Å². The van der Waals surface area contributed by atoms with E-state index in [9.17, 15) is 18.0 Å². The quantitative estimate of drug-likeness (QED) is 0.490. The molecule has 0 amide bonds. The van der Waals surface area contributed by atoms with Crippen molar-refractivity contribution in [3.8, 4) is 0 Å². The van der Waals surface area contributed by atoms with Crippen LogP contribution in [0.2, 0.25) is 10.0 Å². The lowest BCUT2D eigenvalue weighted by Crippen LogP contribution is -2.40. The summed E-state index contributed by atoms with van der Waals surface area (Å²) >= 11 is 11.8. The van der Waals surface area contributed by atoms with E-state index < -0.39 is 16.0 Å². The average molecular weight is 481 g/mol. The summed E-state index contributed by atoms with van der Waals surface area (Å²) in [7, 11) is -3.68. The van der Waals surface area contributed by atoms with Crippen LogP contribution in [0.25, 0.3) is 0 Å². The second-order valence-electron chi connectivity index (χ2n) is 7.31. The van der Waals surface area contributed by atoms with E-state index in [2.05, 4.69) is 4.40 Å².